The van der Waals surface area contributed by atoms with Crippen LogP contribution in [-0.2, 0) is 0 Å². The van der Waals surface area contributed by atoms with Gasteiger partial charge in [-0.2, -0.15) is 0 Å². The van der Waals surface area contributed by atoms with Crippen LogP contribution in [-0.4, -0.2) is 13.1 Å². The van der Waals surface area contributed by atoms with Gasteiger partial charge in [0.15, 0.2) is 0 Å². The minimum absolute atomic E-state index is 0.242. The maximum Gasteiger partial charge on any atom is 0.0600 e. The summed E-state index contributed by atoms with van der Waals surface area (Å²) in [5, 5.41) is 0. The number of nitrogens with two attached hydrogens (primary N) is 1. The molecule has 0 amide bonds. The second-order valence-corrected chi connectivity index (χ2v) is 5.72. The monoisotopic (exact) mass is 220 g/mol. The Hall–Kier alpha value is -1.18. The van der Waals surface area contributed by atoms with E-state index in [2.05, 4.69) is 58.7 Å². The summed E-state index contributed by atoms with van der Waals surface area (Å²) in [6, 6.07) is 6.68. The van der Waals surface area contributed by atoms with Crippen LogP contribution in [0.2, 0.25) is 0 Å². The Morgan fingerprint density at radius 2 is 1.81 bits per heavy atom. The second kappa shape index (κ2) is 4.36. The molecule has 0 aromatic heterocycles. The minimum atomic E-state index is 0.242. The summed E-state index contributed by atoms with van der Waals surface area (Å²) in [6.07, 6.45) is 0. The van der Waals surface area contributed by atoms with E-state index in [1.807, 2.05) is 6.07 Å². The fourth-order valence-corrected chi connectivity index (χ4v) is 1.78. The summed E-state index contributed by atoms with van der Waals surface area (Å²) < 4.78 is 0. The Balaban J connectivity index is 3.01. The molecule has 0 fully saturated rings. The molecule has 2 heteroatoms. The number of benzene rings is 1. The van der Waals surface area contributed by atoms with E-state index < -0.39 is 0 Å². The summed E-state index contributed by atoms with van der Waals surface area (Å²) in [7, 11) is 2.11. The molecule has 16 heavy (non-hydrogen) atoms. The summed E-state index contributed by atoms with van der Waals surface area (Å²) in [6.45, 7) is 11.0. The molecule has 0 aliphatic rings. The summed E-state index contributed by atoms with van der Waals surface area (Å²) >= 11 is 0. The van der Waals surface area contributed by atoms with Crippen molar-refractivity contribution in [1.29, 1.82) is 0 Å². The van der Waals surface area contributed by atoms with Gasteiger partial charge in [-0.1, -0.05) is 26.8 Å². The van der Waals surface area contributed by atoms with Crippen LogP contribution in [0, 0.1) is 12.3 Å². The predicted octanol–water partition coefficient (Wildman–Crippen LogP) is 3.45. The maximum absolute atomic E-state index is 6.06. The average molecular weight is 220 g/mol. The molecular formula is C14H24N2. The maximum atomic E-state index is 6.06. The molecule has 90 valence electrons. The largest absolute Gasteiger partial charge is 0.397 e. The second-order valence-electron chi connectivity index (χ2n) is 5.72. The molecule has 0 bridgehead atoms. The van der Waals surface area contributed by atoms with Gasteiger partial charge >= 0.3 is 0 Å². The molecule has 0 heterocycles. The molecule has 2 nitrogen and oxygen atoms in total. The lowest BCUT2D eigenvalue weighted by Crippen LogP contribution is -2.39. The van der Waals surface area contributed by atoms with Gasteiger partial charge in [0.1, 0.15) is 0 Å². The van der Waals surface area contributed by atoms with Crippen molar-refractivity contribution in [2.75, 3.05) is 17.7 Å². The molecule has 0 spiro atoms. The minimum Gasteiger partial charge on any atom is -0.397 e. The van der Waals surface area contributed by atoms with Crippen LogP contribution in [0.5, 0.6) is 0 Å². The molecule has 1 atom stereocenters. The first kappa shape index (κ1) is 12.9. The number of nitrogen functional groups attached to an aromatic ring is 1. The van der Waals surface area contributed by atoms with Gasteiger partial charge in [0.25, 0.3) is 0 Å². The van der Waals surface area contributed by atoms with Crippen LogP contribution >= 0.6 is 0 Å². The van der Waals surface area contributed by atoms with Gasteiger partial charge in [-0.25, -0.2) is 0 Å². The third kappa shape index (κ3) is 2.69. The van der Waals surface area contributed by atoms with E-state index in [1.165, 1.54) is 5.56 Å². The van der Waals surface area contributed by atoms with E-state index in [0.717, 1.165) is 11.4 Å². The lowest BCUT2D eigenvalue weighted by molar-refractivity contribution is 0.330. The standard InChI is InChI=1S/C14H24N2/c1-10-7-8-13(12(15)9-10)16(6)11(2)14(3,4)5/h7-9,11H,15H2,1-6H3. The molecule has 0 aliphatic heterocycles. The zero-order chi connectivity index (χ0) is 12.5. The first-order valence-electron chi connectivity index (χ1n) is 5.82. The highest BCUT2D eigenvalue weighted by Gasteiger charge is 2.24. The molecule has 2 N–H and O–H groups in total. The summed E-state index contributed by atoms with van der Waals surface area (Å²) in [5.74, 6) is 0. The summed E-state index contributed by atoms with van der Waals surface area (Å²) in [4.78, 5) is 2.26. The Labute approximate surface area is 99.5 Å². The van der Waals surface area contributed by atoms with Crippen molar-refractivity contribution in [1.82, 2.24) is 0 Å². The zero-order valence-electron chi connectivity index (χ0n) is 11.3. The van der Waals surface area contributed by atoms with Crippen molar-refractivity contribution in [2.24, 2.45) is 5.41 Å². The van der Waals surface area contributed by atoms with Crippen LogP contribution in [0.15, 0.2) is 18.2 Å². The molecule has 1 aromatic carbocycles. The normalized spacial score (nSPS) is 13.6. The van der Waals surface area contributed by atoms with E-state index in [9.17, 15) is 0 Å². The Bertz CT molecular complexity index is 363. The number of anilines is 2. The Kier molecular flexibility index (Phi) is 3.51. The fourth-order valence-electron chi connectivity index (χ4n) is 1.78. The van der Waals surface area contributed by atoms with Crippen molar-refractivity contribution in [3.05, 3.63) is 23.8 Å². The Morgan fingerprint density at radius 1 is 1.25 bits per heavy atom. The van der Waals surface area contributed by atoms with Crippen LogP contribution in [0.4, 0.5) is 11.4 Å². The van der Waals surface area contributed by atoms with Gasteiger partial charge in [-0.3, -0.25) is 0 Å². The lowest BCUT2D eigenvalue weighted by atomic mass is 9.87. The average Bonchev–Trinajstić information content (AvgIpc) is 2.14. The van der Waals surface area contributed by atoms with Gasteiger partial charge < -0.3 is 10.6 Å². The van der Waals surface area contributed by atoms with Gasteiger partial charge in [0.05, 0.1) is 11.4 Å². The number of nitrogens with zero attached hydrogens (tertiary/aromatic N) is 1. The molecule has 1 aromatic rings. The van der Waals surface area contributed by atoms with Gasteiger partial charge in [-0.15, -0.1) is 0 Å². The van der Waals surface area contributed by atoms with Crippen LogP contribution in [0.1, 0.15) is 33.3 Å². The van der Waals surface area contributed by atoms with E-state index in [-0.39, 0.29) is 5.41 Å². The molecule has 1 rings (SSSR count). The molecule has 1 unspecified atom stereocenters. The highest BCUT2D eigenvalue weighted by Crippen LogP contribution is 2.30. The van der Waals surface area contributed by atoms with E-state index >= 15 is 0 Å². The number of aryl methyl sites for hydroxylation is 1. The van der Waals surface area contributed by atoms with Crippen molar-refractivity contribution in [3.63, 3.8) is 0 Å². The van der Waals surface area contributed by atoms with E-state index in [0.29, 0.717) is 6.04 Å². The van der Waals surface area contributed by atoms with Crippen molar-refractivity contribution < 1.29 is 0 Å². The first-order valence-corrected chi connectivity index (χ1v) is 5.82. The van der Waals surface area contributed by atoms with Gasteiger partial charge in [0.2, 0.25) is 0 Å². The molecule has 0 saturated heterocycles. The van der Waals surface area contributed by atoms with Crippen LogP contribution in [0.25, 0.3) is 0 Å². The predicted molar refractivity (Wildman–Crippen MR) is 72.9 cm³/mol. The topological polar surface area (TPSA) is 29.3 Å². The van der Waals surface area contributed by atoms with E-state index in [4.69, 9.17) is 5.73 Å². The Morgan fingerprint density at radius 3 is 2.25 bits per heavy atom. The van der Waals surface area contributed by atoms with Crippen molar-refractivity contribution in [2.45, 2.75) is 40.7 Å². The van der Waals surface area contributed by atoms with E-state index in [1.54, 1.807) is 0 Å². The number of rotatable bonds is 2. The quantitative estimate of drug-likeness (QED) is 0.773. The van der Waals surface area contributed by atoms with Crippen molar-refractivity contribution >= 4 is 11.4 Å². The zero-order valence-corrected chi connectivity index (χ0v) is 11.3. The highest BCUT2D eigenvalue weighted by molar-refractivity contribution is 5.68. The van der Waals surface area contributed by atoms with Crippen LogP contribution in [0.3, 0.4) is 0 Å². The summed E-state index contributed by atoms with van der Waals surface area (Å²) in [5.41, 5.74) is 9.49. The SMILES string of the molecule is Cc1ccc(N(C)C(C)C(C)(C)C)c(N)c1. The van der Waals surface area contributed by atoms with Gasteiger partial charge in [0, 0.05) is 13.1 Å². The number of hydrogen-bond acceptors (Lipinski definition) is 2. The molecular weight excluding hydrogens is 196 g/mol. The lowest BCUT2D eigenvalue weighted by Gasteiger charge is -2.37. The smallest absolute Gasteiger partial charge is 0.0600 e. The fraction of sp³-hybridized carbons (Fsp3) is 0.571. The number of hydrogen-bond donors (Lipinski definition) is 1. The third-order valence-electron chi connectivity index (χ3n) is 3.40. The third-order valence-corrected chi connectivity index (χ3v) is 3.40. The first-order chi connectivity index (χ1) is 7.23. The van der Waals surface area contributed by atoms with Gasteiger partial charge in [-0.05, 0) is 37.0 Å². The highest BCUT2D eigenvalue weighted by atomic mass is 15.1. The molecule has 0 saturated carbocycles. The van der Waals surface area contributed by atoms with Crippen molar-refractivity contribution in [3.8, 4) is 0 Å². The molecule has 0 radical (unpaired) electrons. The van der Waals surface area contributed by atoms with Crippen LogP contribution < -0.4 is 10.6 Å². The molecule has 0 aliphatic carbocycles.